The summed E-state index contributed by atoms with van der Waals surface area (Å²) < 4.78 is 1.32. The zero-order valence-electron chi connectivity index (χ0n) is 38.4. The summed E-state index contributed by atoms with van der Waals surface area (Å²) in [5, 5.41) is 1.32. The van der Waals surface area contributed by atoms with E-state index in [1.807, 2.05) is 11.3 Å². The van der Waals surface area contributed by atoms with Gasteiger partial charge in [0, 0.05) is 49.0 Å². The van der Waals surface area contributed by atoms with E-state index in [-0.39, 0.29) is 5.41 Å². The Balaban J connectivity index is 1.03. The van der Waals surface area contributed by atoms with E-state index in [2.05, 4.69) is 266 Å². The molecule has 3 heteroatoms. The smallest absolute Gasteiger partial charge is 0.0740 e. The van der Waals surface area contributed by atoms with Gasteiger partial charge in [-0.3, -0.25) is 0 Å². The molecule has 0 saturated carbocycles. The standard InChI is InChI=1S/C66H46N2S/c1-65(2)56-30-16-12-27-50(56)52-37-34-47(41-59(52)65)68(61-32-18-14-26-49(61)43-20-6-3-7-21-43)48-35-38-53-60(42-48)66(63-54-29-15-19-33-62(54)69-64(53)63)57-31-17-13-28-51(57)55-40-46(36-39-58(55)66)67(44-22-8-4-9-23-44)45-24-10-5-11-25-45/h3-42H,1-2H3. The first-order valence-electron chi connectivity index (χ1n) is 24.0. The minimum absolute atomic E-state index is 0.156. The van der Waals surface area contributed by atoms with Crippen LogP contribution < -0.4 is 9.80 Å². The Morgan fingerprint density at radius 3 is 1.57 bits per heavy atom. The topological polar surface area (TPSA) is 6.48 Å². The Hall–Kier alpha value is -8.24. The lowest BCUT2D eigenvalue weighted by Crippen LogP contribution is -2.26. The van der Waals surface area contributed by atoms with Gasteiger partial charge < -0.3 is 9.80 Å². The quantitative estimate of drug-likeness (QED) is 0.157. The van der Waals surface area contributed by atoms with Crippen LogP contribution in [0.25, 0.3) is 53.9 Å². The molecule has 2 nitrogen and oxygen atoms in total. The Labute approximate surface area is 407 Å². The summed E-state index contributed by atoms with van der Waals surface area (Å²) in [7, 11) is 0. The monoisotopic (exact) mass is 898 g/mol. The minimum atomic E-state index is -0.568. The second kappa shape index (κ2) is 15.1. The van der Waals surface area contributed by atoms with E-state index in [4.69, 9.17) is 0 Å². The van der Waals surface area contributed by atoms with E-state index in [1.165, 1.54) is 87.3 Å². The van der Waals surface area contributed by atoms with Crippen LogP contribution in [0.3, 0.4) is 0 Å². The molecule has 0 amide bonds. The van der Waals surface area contributed by atoms with Crippen LogP contribution >= 0.6 is 11.3 Å². The van der Waals surface area contributed by atoms with E-state index in [0.717, 1.165) is 34.1 Å². The van der Waals surface area contributed by atoms with E-state index < -0.39 is 5.41 Å². The first-order valence-corrected chi connectivity index (χ1v) is 24.8. The van der Waals surface area contributed by atoms with Crippen molar-refractivity contribution in [1.29, 1.82) is 0 Å². The van der Waals surface area contributed by atoms with Gasteiger partial charge in [-0.05, 0) is 145 Å². The molecule has 1 atom stereocenters. The maximum absolute atomic E-state index is 2.55. The first kappa shape index (κ1) is 39.9. The summed E-state index contributed by atoms with van der Waals surface area (Å²) in [6.45, 7) is 4.76. The molecule has 0 aliphatic heterocycles. The summed E-state index contributed by atoms with van der Waals surface area (Å²) in [5.41, 5.74) is 23.0. The van der Waals surface area contributed by atoms with Crippen LogP contribution in [-0.2, 0) is 10.8 Å². The highest BCUT2D eigenvalue weighted by Gasteiger charge is 2.54. The second-order valence-corrected chi connectivity index (χ2v) is 20.2. The molecule has 14 rings (SSSR count). The number of hydrogen-bond acceptors (Lipinski definition) is 3. The van der Waals surface area contributed by atoms with Gasteiger partial charge in [-0.2, -0.15) is 0 Å². The molecule has 10 aromatic carbocycles. The fourth-order valence-corrected chi connectivity index (χ4v) is 13.6. The average Bonchev–Trinajstić information content (AvgIpc) is 4.09. The lowest BCUT2D eigenvalue weighted by molar-refractivity contribution is 0.660. The maximum Gasteiger partial charge on any atom is 0.0740 e. The van der Waals surface area contributed by atoms with Crippen LogP contribution in [0.4, 0.5) is 34.1 Å². The Morgan fingerprint density at radius 2 is 0.841 bits per heavy atom. The molecule has 1 heterocycles. The van der Waals surface area contributed by atoms with Crippen molar-refractivity contribution in [1.82, 2.24) is 0 Å². The average molecular weight is 899 g/mol. The molecule has 0 radical (unpaired) electrons. The number of thiophene rings is 1. The summed E-state index contributed by atoms with van der Waals surface area (Å²) >= 11 is 1.93. The van der Waals surface area contributed by atoms with Gasteiger partial charge in [0.2, 0.25) is 0 Å². The van der Waals surface area contributed by atoms with Gasteiger partial charge in [-0.15, -0.1) is 11.3 Å². The molecule has 3 aliphatic carbocycles. The maximum atomic E-state index is 2.55. The molecule has 0 bridgehead atoms. The number of hydrogen-bond donors (Lipinski definition) is 0. The summed E-state index contributed by atoms with van der Waals surface area (Å²) in [5.74, 6) is 0. The third-order valence-electron chi connectivity index (χ3n) is 15.3. The van der Waals surface area contributed by atoms with Gasteiger partial charge in [0.1, 0.15) is 0 Å². The molecular weight excluding hydrogens is 853 g/mol. The number of anilines is 6. The van der Waals surface area contributed by atoms with Crippen molar-refractivity contribution in [3.8, 4) is 43.8 Å². The SMILES string of the molecule is CC1(C)c2ccccc2-c2ccc(N(c3ccc4c(c3)C3(c5ccccc5-c5cc(N(c6ccccc6)c6ccccc6)ccc53)c3c-4sc4ccccc34)c3ccccc3-c3ccccc3)cc21. The van der Waals surface area contributed by atoms with Crippen LogP contribution in [0.2, 0.25) is 0 Å². The minimum Gasteiger partial charge on any atom is -0.310 e. The molecule has 1 unspecified atom stereocenters. The largest absolute Gasteiger partial charge is 0.310 e. The van der Waals surface area contributed by atoms with Crippen molar-refractivity contribution in [3.05, 3.63) is 276 Å². The van der Waals surface area contributed by atoms with Crippen LogP contribution in [0.1, 0.15) is 47.2 Å². The lowest BCUT2D eigenvalue weighted by Gasteiger charge is -2.33. The molecule has 69 heavy (non-hydrogen) atoms. The van der Waals surface area contributed by atoms with E-state index in [9.17, 15) is 0 Å². The van der Waals surface area contributed by atoms with E-state index >= 15 is 0 Å². The highest BCUT2D eigenvalue weighted by Crippen LogP contribution is 2.67. The molecule has 0 N–H and O–H groups in total. The van der Waals surface area contributed by atoms with Gasteiger partial charge in [0.05, 0.1) is 11.1 Å². The van der Waals surface area contributed by atoms with Gasteiger partial charge in [0.15, 0.2) is 0 Å². The molecule has 11 aromatic rings. The van der Waals surface area contributed by atoms with Crippen molar-refractivity contribution in [3.63, 3.8) is 0 Å². The fourth-order valence-electron chi connectivity index (χ4n) is 12.3. The normalized spacial score (nSPS) is 15.3. The van der Waals surface area contributed by atoms with Crippen LogP contribution in [0, 0.1) is 0 Å². The highest BCUT2D eigenvalue weighted by atomic mass is 32.1. The lowest BCUT2D eigenvalue weighted by atomic mass is 9.70. The van der Waals surface area contributed by atoms with Gasteiger partial charge in [-0.25, -0.2) is 0 Å². The van der Waals surface area contributed by atoms with Crippen LogP contribution in [-0.4, -0.2) is 0 Å². The molecule has 3 aliphatic rings. The predicted molar refractivity (Wildman–Crippen MR) is 290 cm³/mol. The number of nitrogens with zero attached hydrogens (tertiary/aromatic N) is 2. The molecule has 0 fully saturated rings. The Bertz CT molecular complexity index is 3790. The molecular formula is C66H46N2S. The molecule has 0 saturated heterocycles. The molecule has 326 valence electrons. The van der Waals surface area contributed by atoms with E-state index in [0.29, 0.717) is 0 Å². The summed E-state index contributed by atoms with van der Waals surface area (Å²) in [4.78, 5) is 6.27. The van der Waals surface area contributed by atoms with Crippen molar-refractivity contribution in [2.45, 2.75) is 24.7 Å². The third kappa shape index (κ3) is 5.72. The zero-order valence-corrected chi connectivity index (χ0v) is 39.2. The van der Waals surface area contributed by atoms with Crippen molar-refractivity contribution in [2.24, 2.45) is 0 Å². The van der Waals surface area contributed by atoms with E-state index in [1.54, 1.807) is 0 Å². The Kier molecular flexibility index (Phi) is 8.75. The zero-order chi connectivity index (χ0) is 45.8. The van der Waals surface area contributed by atoms with Crippen molar-refractivity contribution < 1.29 is 0 Å². The van der Waals surface area contributed by atoms with Gasteiger partial charge in [0.25, 0.3) is 0 Å². The highest BCUT2D eigenvalue weighted by molar-refractivity contribution is 7.22. The molecule has 1 spiro atoms. The van der Waals surface area contributed by atoms with Crippen molar-refractivity contribution >= 4 is 55.5 Å². The Morgan fingerprint density at radius 1 is 0.333 bits per heavy atom. The third-order valence-corrected chi connectivity index (χ3v) is 16.5. The fraction of sp³-hybridized carbons (Fsp3) is 0.0606. The number of benzene rings is 10. The summed E-state index contributed by atoms with van der Waals surface area (Å²) in [6, 6.07) is 90.3. The van der Waals surface area contributed by atoms with Crippen molar-refractivity contribution in [2.75, 3.05) is 9.80 Å². The van der Waals surface area contributed by atoms with Crippen LogP contribution in [0.5, 0.6) is 0 Å². The predicted octanol–water partition coefficient (Wildman–Crippen LogP) is 18.2. The number of fused-ring (bicyclic) bond motifs is 15. The van der Waals surface area contributed by atoms with Crippen LogP contribution in [0.15, 0.2) is 243 Å². The molecule has 1 aromatic heterocycles. The summed E-state index contributed by atoms with van der Waals surface area (Å²) in [6.07, 6.45) is 0. The number of rotatable bonds is 7. The number of para-hydroxylation sites is 3. The second-order valence-electron chi connectivity index (χ2n) is 19.2. The first-order chi connectivity index (χ1) is 34.0. The van der Waals surface area contributed by atoms with Gasteiger partial charge >= 0.3 is 0 Å². The van der Waals surface area contributed by atoms with Gasteiger partial charge in [-0.1, -0.05) is 184 Å².